The number of aliphatic imine (C=N–C) groups is 1. The van der Waals surface area contributed by atoms with E-state index in [1.165, 1.54) is 25.7 Å². The maximum absolute atomic E-state index is 5.46. The smallest absolute Gasteiger partial charge is 0.205 e. The second-order valence-corrected chi connectivity index (χ2v) is 5.75. The molecular weight excluding hydrogens is 212 g/mol. The Balaban J connectivity index is 2.29. The van der Waals surface area contributed by atoms with Gasteiger partial charge in [-0.05, 0) is 30.6 Å². The number of guanidine groups is 1. The maximum Gasteiger partial charge on any atom is 0.205 e. The lowest BCUT2D eigenvalue weighted by molar-refractivity contribution is 0.282. The number of nitrogens with one attached hydrogen (secondary N) is 2. The third-order valence-electron chi connectivity index (χ3n) is 3.35. The number of hydrazine groups is 1. The highest BCUT2D eigenvalue weighted by Crippen LogP contribution is 2.27. The summed E-state index contributed by atoms with van der Waals surface area (Å²) in [5, 5.41) is 3.33. The summed E-state index contributed by atoms with van der Waals surface area (Å²) in [4.78, 5) is 4.41. The van der Waals surface area contributed by atoms with Crippen LogP contribution in [0.2, 0.25) is 0 Å². The molecule has 0 radical (unpaired) electrons. The van der Waals surface area contributed by atoms with Gasteiger partial charge in [0.15, 0.2) is 0 Å². The van der Waals surface area contributed by atoms with Crippen molar-refractivity contribution in [3.05, 3.63) is 0 Å². The molecule has 0 aromatic carbocycles. The largest absolute Gasteiger partial charge is 0.355 e. The van der Waals surface area contributed by atoms with Crippen LogP contribution in [0, 0.1) is 17.8 Å². The number of nitrogens with two attached hydrogens (primary N) is 1. The normalized spacial score (nSPS) is 26.1. The molecule has 4 N–H and O–H groups in total. The summed E-state index contributed by atoms with van der Waals surface area (Å²) in [7, 11) is 0. The SMILES string of the molecule is CC(C)CN=C(NN)NCC1CCCC(C)C1. The average Bonchev–Trinajstić information content (AvgIpc) is 2.29. The molecule has 0 amide bonds. The van der Waals surface area contributed by atoms with Crippen molar-refractivity contribution in [1.82, 2.24) is 10.7 Å². The van der Waals surface area contributed by atoms with Gasteiger partial charge in [0.05, 0.1) is 0 Å². The van der Waals surface area contributed by atoms with E-state index in [-0.39, 0.29) is 0 Å². The van der Waals surface area contributed by atoms with Crippen molar-refractivity contribution >= 4 is 5.96 Å². The van der Waals surface area contributed by atoms with Crippen LogP contribution in [0.3, 0.4) is 0 Å². The number of hydrogen-bond donors (Lipinski definition) is 3. The van der Waals surface area contributed by atoms with Crippen molar-refractivity contribution in [3.8, 4) is 0 Å². The Bertz CT molecular complexity index is 238. The molecule has 1 rings (SSSR count). The Kier molecular flexibility index (Phi) is 6.34. The molecule has 4 heteroatoms. The topological polar surface area (TPSA) is 62.4 Å². The monoisotopic (exact) mass is 240 g/mol. The summed E-state index contributed by atoms with van der Waals surface area (Å²) in [5.41, 5.74) is 2.65. The van der Waals surface area contributed by atoms with Crippen LogP contribution in [-0.4, -0.2) is 19.0 Å². The molecule has 0 aromatic rings. The van der Waals surface area contributed by atoms with Crippen molar-refractivity contribution in [2.24, 2.45) is 28.6 Å². The van der Waals surface area contributed by atoms with Gasteiger partial charge in [0, 0.05) is 13.1 Å². The molecule has 1 fully saturated rings. The van der Waals surface area contributed by atoms with Crippen LogP contribution < -0.4 is 16.6 Å². The van der Waals surface area contributed by atoms with Crippen molar-refractivity contribution < 1.29 is 0 Å². The van der Waals surface area contributed by atoms with Crippen LogP contribution in [0.5, 0.6) is 0 Å². The predicted octanol–water partition coefficient (Wildman–Crippen LogP) is 1.88. The first-order chi connectivity index (χ1) is 8.11. The van der Waals surface area contributed by atoms with Gasteiger partial charge in [-0.15, -0.1) is 0 Å². The summed E-state index contributed by atoms with van der Waals surface area (Å²) < 4.78 is 0. The predicted molar refractivity (Wildman–Crippen MR) is 73.6 cm³/mol. The van der Waals surface area contributed by atoms with Crippen LogP contribution in [0.15, 0.2) is 4.99 Å². The third kappa shape index (κ3) is 5.91. The van der Waals surface area contributed by atoms with Crippen LogP contribution in [-0.2, 0) is 0 Å². The molecule has 2 atom stereocenters. The number of nitrogens with zero attached hydrogens (tertiary/aromatic N) is 1. The average molecular weight is 240 g/mol. The van der Waals surface area contributed by atoms with E-state index in [0.717, 1.165) is 30.9 Å². The lowest BCUT2D eigenvalue weighted by Crippen LogP contribution is -2.44. The number of rotatable bonds is 4. The molecule has 17 heavy (non-hydrogen) atoms. The van der Waals surface area contributed by atoms with E-state index in [1.807, 2.05) is 0 Å². The van der Waals surface area contributed by atoms with E-state index in [0.29, 0.717) is 5.92 Å². The zero-order valence-electron chi connectivity index (χ0n) is 11.5. The first-order valence-electron chi connectivity index (χ1n) is 6.86. The van der Waals surface area contributed by atoms with Crippen molar-refractivity contribution in [2.45, 2.75) is 46.5 Å². The van der Waals surface area contributed by atoms with Gasteiger partial charge in [-0.25, -0.2) is 5.84 Å². The second kappa shape index (κ2) is 7.54. The minimum absolute atomic E-state index is 0.565. The van der Waals surface area contributed by atoms with E-state index >= 15 is 0 Å². The minimum Gasteiger partial charge on any atom is -0.355 e. The van der Waals surface area contributed by atoms with Gasteiger partial charge >= 0.3 is 0 Å². The standard InChI is InChI=1S/C13H28N4/c1-10(2)8-15-13(17-14)16-9-12-6-4-5-11(3)7-12/h10-12H,4-9,14H2,1-3H3,(H2,15,16,17). The quantitative estimate of drug-likeness (QED) is 0.304. The highest BCUT2D eigenvalue weighted by molar-refractivity contribution is 5.79. The molecule has 2 unspecified atom stereocenters. The maximum atomic E-state index is 5.46. The summed E-state index contributed by atoms with van der Waals surface area (Å²) in [5.74, 6) is 8.40. The van der Waals surface area contributed by atoms with Crippen molar-refractivity contribution in [3.63, 3.8) is 0 Å². The zero-order valence-corrected chi connectivity index (χ0v) is 11.5. The minimum atomic E-state index is 0.565. The lowest BCUT2D eigenvalue weighted by Gasteiger charge is -2.27. The highest BCUT2D eigenvalue weighted by atomic mass is 15.3. The molecular formula is C13H28N4. The van der Waals surface area contributed by atoms with Gasteiger partial charge in [0.1, 0.15) is 0 Å². The van der Waals surface area contributed by atoms with Crippen LogP contribution in [0.4, 0.5) is 0 Å². The van der Waals surface area contributed by atoms with E-state index in [4.69, 9.17) is 5.84 Å². The first kappa shape index (κ1) is 14.3. The first-order valence-corrected chi connectivity index (χ1v) is 6.86. The summed E-state index contributed by atoms with van der Waals surface area (Å²) >= 11 is 0. The summed E-state index contributed by atoms with van der Waals surface area (Å²) in [6.07, 6.45) is 5.41. The molecule has 4 nitrogen and oxygen atoms in total. The molecule has 0 spiro atoms. The fourth-order valence-corrected chi connectivity index (χ4v) is 2.41. The number of hydrogen-bond acceptors (Lipinski definition) is 2. The van der Waals surface area contributed by atoms with Crippen LogP contribution in [0.1, 0.15) is 46.5 Å². The molecule has 0 aromatic heterocycles. The lowest BCUT2D eigenvalue weighted by atomic mass is 9.82. The molecule has 0 heterocycles. The Labute approximate surface area is 105 Å². The van der Waals surface area contributed by atoms with Crippen molar-refractivity contribution in [2.75, 3.05) is 13.1 Å². The summed E-state index contributed by atoms with van der Waals surface area (Å²) in [6, 6.07) is 0. The van der Waals surface area contributed by atoms with Gasteiger partial charge in [-0.3, -0.25) is 10.4 Å². The zero-order chi connectivity index (χ0) is 12.7. The highest BCUT2D eigenvalue weighted by Gasteiger charge is 2.18. The Hall–Kier alpha value is -0.770. The van der Waals surface area contributed by atoms with Gasteiger partial charge in [0.25, 0.3) is 0 Å². The fraction of sp³-hybridized carbons (Fsp3) is 0.923. The fourth-order valence-electron chi connectivity index (χ4n) is 2.41. The van der Waals surface area contributed by atoms with Crippen LogP contribution in [0.25, 0.3) is 0 Å². The molecule has 1 saturated carbocycles. The molecule has 0 aliphatic heterocycles. The molecule has 100 valence electrons. The Morgan fingerprint density at radius 3 is 2.76 bits per heavy atom. The van der Waals surface area contributed by atoms with Crippen LogP contribution >= 0.6 is 0 Å². The van der Waals surface area contributed by atoms with Gasteiger partial charge in [0.2, 0.25) is 5.96 Å². The van der Waals surface area contributed by atoms with E-state index < -0.39 is 0 Å². The molecule has 0 saturated heterocycles. The third-order valence-corrected chi connectivity index (χ3v) is 3.35. The van der Waals surface area contributed by atoms with E-state index in [9.17, 15) is 0 Å². The summed E-state index contributed by atoms with van der Waals surface area (Å²) in [6.45, 7) is 8.46. The molecule has 1 aliphatic carbocycles. The Morgan fingerprint density at radius 2 is 2.18 bits per heavy atom. The van der Waals surface area contributed by atoms with E-state index in [2.05, 4.69) is 36.5 Å². The van der Waals surface area contributed by atoms with Gasteiger partial charge in [-0.1, -0.05) is 33.6 Å². The van der Waals surface area contributed by atoms with Gasteiger partial charge in [-0.2, -0.15) is 0 Å². The molecule has 1 aliphatic rings. The second-order valence-electron chi connectivity index (χ2n) is 5.75. The van der Waals surface area contributed by atoms with E-state index in [1.54, 1.807) is 0 Å². The molecule has 0 bridgehead atoms. The Morgan fingerprint density at radius 1 is 1.41 bits per heavy atom. The van der Waals surface area contributed by atoms with Crippen molar-refractivity contribution in [1.29, 1.82) is 0 Å². The van der Waals surface area contributed by atoms with Gasteiger partial charge < -0.3 is 5.32 Å².